The standard InChI is InChI=1S/C7H16N2O2/c1-2-11-7(8)3-4-9-5-6-10/h8-10H,2-6H2,1H3. The minimum atomic E-state index is 0.141. The molecule has 4 nitrogen and oxygen atoms in total. The highest BCUT2D eigenvalue weighted by atomic mass is 16.5. The van der Waals surface area contributed by atoms with Crippen LogP contribution in [0.3, 0.4) is 0 Å². The van der Waals surface area contributed by atoms with Crippen LogP contribution in [0.2, 0.25) is 0 Å². The Balaban J connectivity index is 3.04. The summed E-state index contributed by atoms with van der Waals surface area (Å²) >= 11 is 0. The van der Waals surface area contributed by atoms with E-state index in [0.29, 0.717) is 32.0 Å². The summed E-state index contributed by atoms with van der Waals surface area (Å²) in [6.07, 6.45) is 0.591. The predicted molar refractivity (Wildman–Crippen MR) is 43.9 cm³/mol. The van der Waals surface area contributed by atoms with Gasteiger partial charge in [0.1, 0.15) is 0 Å². The molecule has 3 N–H and O–H groups in total. The molecule has 0 atom stereocenters. The molecule has 11 heavy (non-hydrogen) atoms. The highest BCUT2D eigenvalue weighted by Gasteiger charge is 1.94. The van der Waals surface area contributed by atoms with E-state index in [0.717, 1.165) is 0 Å². The molecule has 0 unspecified atom stereocenters. The highest BCUT2D eigenvalue weighted by Crippen LogP contribution is 1.83. The Morgan fingerprint density at radius 2 is 2.27 bits per heavy atom. The quantitative estimate of drug-likeness (QED) is 0.290. The molecule has 0 aromatic rings. The van der Waals surface area contributed by atoms with Gasteiger partial charge in [0.15, 0.2) is 5.90 Å². The van der Waals surface area contributed by atoms with Crippen molar-refractivity contribution in [3.8, 4) is 0 Å². The summed E-state index contributed by atoms with van der Waals surface area (Å²) in [7, 11) is 0. The monoisotopic (exact) mass is 160 g/mol. The minimum absolute atomic E-state index is 0.141. The molecular formula is C7H16N2O2. The third-order valence-corrected chi connectivity index (χ3v) is 1.14. The smallest absolute Gasteiger partial charge is 0.181 e. The Kier molecular flexibility index (Phi) is 7.08. The minimum Gasteiger partial charge on any atom is -0.481 e. The number of rotatable bonds is 6. The molecular weight excluding hydrogens is 144 g/mol. The van der Waals surface area contributed by atoms with Crippen molar-refractivity contribution in [2.45, 2.75) is 13.3 Å². The van der Waals surface area contributed by atoms with Gasteiger partial charge in [-0.05, 0) is 6.92 Å². The first kappa shape index (κ1) is 10.4. The maximum absolute atomic E-state index is 8.39. The van der Waals surface area contributed by atoms with Crippen molar-refractivity contribution >= 4 is 5.90 Å². The number of nitrogens with one attached hydrogen (secondary N) is 2. The summed E-state index contributed by atoms with van der Waals surface area (Å²) in [6, 6.07) is 0. The Morgan fingerprint density at radius 3 is 2.82 bits per heavy atom. The highest BCUT2D eigenvalue weighted by molar-refractivity contribution is 5.72. The van der Waals surface area contributed by atoms with Crippen LogP contribution in [0, 0.1) is 5.41 Å². The molecule has 0 saturated carbocycles. The average Bonchev–Trinajstić information content (AvgIpc) is 1.99. The van der Waals surface area contributed by atoms with E-state index >= 15 is 0 Å². The molecule has 0 aromatic heterocycles. The van der Waals surface area contributed by atoms with Crippen LogP contribution in [0.25, 0.3) is 0 Å². The third kappa shape index (κ3) is 7.29. The lowest BCUT2D eigenvalue weighted by Gasteiger charge is -2.04. The van der Waals surface area contributed by atoms with E-state index in [1.807, 2.05) is 6.92 Å². The van der Waals surface area contributed by atoms with Crippen LogP contribution < -0.4 is 5.32 Å². The molecule has 0 aromatic carbocycles. The second-order valence-corrected chi connectivity index (χ2v) is 2.08. The second kappa shape index (κ2) is 7.50. The molecule has 0 aliphatic rings. The third-order valence-electron chi connectivity index (χ3n) is 1.14. The maximum Gasteiger partial charge on any atom is 0.181 e. The average molecular weight is 160 g/mol. The Bertz CT molecular complexity index is 107. The summed E-state index contributed by atoms with van der Waals surface area (Å²) in [6.45, 7) is 3.83. The van der Waals surface area contributed by atoms with E-state index in [2.05, 4.69) is 5.32 Å². The topological polar surface area (TPSA) is 65.3 Å². The first-order valence-corrected chi connectivity index (χ1v) is 3.83. The van der Waals surface area contributed by atoms with Gasteiger partial charge >= 0.3 is 0 Å². The fourth-order valence-corrected chi connectivity index (χ4v) is 0.652. The van der Waals surface area contributed by atoms with Gasteiger partial charge in [0, 0.05) is 19.5 Å². The van der Waals surface area contributed by atoms with E-state index in [1.165, 1.54) is 0 Å². The van der Waals surface area contributed by atoms with Gasteiger partial charge in [0.05, 0.1) is 13.2 Å². The summed E-state index contributed by atoms with van der Waals surface area (Å²) < 4.78 is 4.90. The fourth-order valence-electron chi connectivity index (χ4n) is 0.652. The first-order valence-electron chi connectivity index (χ1n) is 3.83. The molecule has 0 radical (unpaired) electrons. The molecule has 0 fully saturated rings. The Hall–Kier alpha value is -0.610. The lowest BCUT2D eigenvalue weighted by atomic mass is 10.4. The summed E-state index contributed by atoms with van der Waals surface area (Å²) in [4.78, 5) is 0. The van der Waals surface area contributed by atoms with Crippen LogP contribution in [0.1, 0.15) is 13.3 Å². The lowest BCUT2D eigenvalue weighted by Crippen LogP contribution is -2.22. The molecule has 4 heteroatoms. The zero-order valence-corrected chi connectivity index (χ0v) is 6.89. The van der Waals surface area contributed by atoms with Crippen molar-refractivity contribution in [1.29, 1.82) is 5.41 Å². The number of aliphatic hydroxyl groups is 1. The van der Waals surface area contributed by atoms with Crippen LogP contribution >= 0.6 is 0 Å². The van der Waals surface area contributed by atoms with Crippen molar-refractivity contribution in [1.82, 2.24) is 5.32 Å². The van der Waals surface area contributed by atoms with Crippen LogP contribution in [-0.4, -0.2) is 37.3 Å². The van der Waals surface area contributed by atoms with E-state index in [4.69, 9.17) is 15.3 Å². The summed E-state index contributed by atoms with van der Waals surface area (Å²) in [5, 5.41) is 18.5. The van der Waals surface area contributed by atoms with Crippen LogP contribution in [0.4, 0.5) is 0 Å². The van der Waals surface area contributed by atoms with Gasteiger partial charge in [-0.2, -0.15) is 0 Å². The SMILES string of the molecule is CCOC(=N)CCNCCO. The van der Waals surface area contributed by atoms with Gasteiger partial charge in [0.25, 0.3) is 0 Å². The fraction of sp³-hybridized carbons (Fsp3) is 0.857. The zero-order valence-electron chi connectivity index (χ0n) is 6.89. The molecule has 0 spiro atoms. The molecule has 0 aliphatic heterocycles. The van der Waals surface area contributed by atoms with Crippen LogP contribution in [0.15, 0.2) is 0 Å². The molecule has 66 valence electrons. The molecule has 0 heterocycles. The second-order valence-electron chi connectivity index (χ2n) is 2.08. The van der Waals surface area contributed by atoms with Gasteiger partial charge in [0.2, 0.25) is 0 Å². The molecule has 0 saturated heterocycles. The Morgan fingerprint density at radius 1 is 1.55 bits per heavy atom. The van der Waals surface area contributed by atoms with Crippen molar-refractivity contribution < 1.29 is 9.84 Å². The van der Waals surface area contributed by atoms with E-state index in [-0.39, 0.29) is 6.61 Å². The summed E-state index contributed by atoms with van der Waals surface area (Å²) in [5.74, 6) is 0.304. The van der Waals surface area contributed by atoms with Gasteiger partial charge in [-0.25, -0.2) is 0 Å². The van der Waals surface area contributed by atoms with Gasteiger partial charge < -0.3 is 15.2 Å². The molecule has 0 amide bonds. The predicted octanol–water partition coefficient (Wildman–Crippen LogP) is -0.0278. The number of hydrogen-bond acceptors (Lipinski definition) is 4. The van der Waals surface area contributed by atoms with Crippen molar-refractivity contribution in [2.75, 3.05) is 26.3 Å². The number of aliphatic hydroxyl groups excluding tert-OH is 1. The van der Waals surface area contributed by atoms with Crippen LogP contribution in [0.5, 0.6) is 0 Å². The number of hydrogen-bond donors (Lipinski definition) is 3. The van der Waals surface area contributed by atoms with E-state index in [9.17, 15) is 0 Å². The van der Waals surface area contributed by atoms with Crippen molar-refractivity contribution in [3.05, 3.63) is 0 Å². The molecule has 0 bridgehead atoms. The number of ether oxygens (including phenoxy) is 1. The van der Waals surface area contributed by atoms with Gasteiger partial charge in [-0.1, -0.05) is 0 Å². The maximum atomic E-state index is 8.39. The van der Waals surface area contributed by atoms with Crippen molar-refractivity contribution in [2.24, 2.45) is 0 Å². The normalized spacial score (nSPS) is 9.64. The van der Waals surface area contributed by atoms with Crippen LogP contribution in [-0.2, 0) is 4.74 Å². The zero-order chi connectivity index (χ0) is 8.53. The molecule has 0 aliphatic carbocycles. The van der Waals surface area contributed by atoms with Gasteiger partial charge in [-0.15, -0.1) is 0 Å². The largest absolute Gasteiger partial charge is 0.481 e. The van der Waals surface area contributed by atoms with Crippen molar-refractivity contribution in [3.63, 3.8) is 0 Å². The lowest BCUT2D eigenvalue weighted by molar-refractivity contribution is 0.289. The summed E-state index contributed by atoms with van der Waals surface area (Å²) in [5.41, 5.74) is 0. The van der Waals surface area contributed by atoms with E-state index < -0.39 is 0 Å². The van der Waals surface area contributed by atoms with Gasteiger partial charge in [-0.3, -0.25) is 5.41 Å². The first-order chi connectivity index (χ1) is 5.31. The molecule has 0 rings (SSSR count). The Labute approximate surface area is 67.1 Å². The van der Waals surface area contributed by atoms with E-state index in [1.54, 1.807) is 0 Å².